The summed E-state index contributed by atoms with van der Waals surface area (Å²) in [5.41, 5.74) is -0.253. The molecule has 0 fully saturated rings. The summed E-state index contributed by atoms with van der Waals surface area (Å²) in [5.74, 6) is -0.905. The minimum Gasteiger partial charge on any atom is -0.454 e. The summed E-state index contributed by atoms with van der Waals surface area (Å²) in [6.45, 7) is -1.34. The van der Waals surface area contributed by atoms with Crippen LogP contribution >= 0.6 is 0 Å². The van der Waals surface area contributed by atoms with Gasteiger partial charge < -0.3 is 14.3 Å². The molecule has 21 heavy (non-hydrogen) atoms. The summed E-state index contributed by atoms with van der Waals surface area (Å²) >= 11 is 0. The Bertz CT molecular complexity index is 688. The molecule has 2 aromatic rings. The maximum absolute atomic E-state index is 12.0. The second kappa shape index (κ2) is 5.86. The largest absolute Gasteiger partial charge is 0.454 e. The van der Waals surface area contributed by atoms with Gasteiger partial charge >= 0.3 is 6.18 Å². The van der Waals surface area contributed by atoms with E-state index >= 15 is 0 Å². The smallest absolute Gasteiger partial charge is 0.405 e. The Kier molecular flexibility index (Phi) is 4.15. The highest BCUT2D eigenvalue weighted by molar-refractivity contribution is 5.91. The van der Waals surface area contributed by atoms with Crippen LogP contribution in [0.2, 0.25) is 0 Å². The first kappa shape index (κ1) is 14.9. The molecule has 0 unspecified atom stereocenters. The van der Waals surface area contributed by atoms with Crippen LogP contribution in [0, 0.1) is 0 Å². The summed E-state index contributed by atoms with van der Waals surface area (Å²) in [5, 5.41) is 1.70. The Labute approximate surface area is 117 Å². The highest BCUT2D eigenvalue weighted by Gasteiger charge is 2.28. The van der Waals surface area contributed by atoms with Crippen LogP contribution < -0.4 is 10.9 Å². The molecule has 0 saturated heterocycles. The van der Waals surface area contributed by atoms with E-state index in [0.29, 0.717) is 5.76 Å². The van der Waals surface area contributed by atoms with Gasteiger partial charge in [-0.1, -0.05) is 6.07 Å². The molecule has 0 bridgehead atoms. The van der Waals surface area contributed by atoms with Crippen LogP contribution in [0.25, 0.3) is 0 Å². The predicted octanol–water partition coefficient (Wildman–Crippen LogP) is 1.78. The summed E-state index contributed by atoms with van der Waals surface area (Å²) in [7, 11) is 0. The summed E-state index contributed by atoms with van der Waals surface area (Å²) < 4.78 is 42.4. The second-order valence-electron chi connectivity index (χ2n) is 4.23. The molecular formula is C13H11F3N2O3. The highest BCUT2D eigenvalue weighted by Crippen LogP contribution is 2.13. The highest BCUT2D eigenvalue weighted by atomic mass is 19.4. The molecule has 0 spiro atoms. The van der Waals surface area contributed by atoms with Crippen molar-refractivity contribution in [2.75, 3.05) is 6.54 Å². The van der Waals surface area contributed by atoms with Crippen LogP contribution in [-0.4, -0.2) is 23.2 Å². The number of nitrogens with one attached hydrogen (secondary N) is 1. The molecule has 112 valence electrons. The lowest BCUT2D eigenvalue weighted by atomic mass is 10.4. The molecule has 0 aliphatic rings. The molecule has 0 aliphatic heterocycles. The van der Waals surface area contributed by atoms with Gasteiger partial charge in [-0.25, -0.2) is 0 Å². The molecule has 1 N–H and O–H groups in total. The number of alkyl halides is 3. The molecule has 0 aliphatic carbocycles. The lowest BCUT2D eigenvalue weighted by Gasteiger charge is -2.06. The van der Waals surface area contributed by atoms with Crippen LogP contribution in [0.1, 0.15) is 16.3 Å². The number of nitrogens with zero attached hydrogens (tertiary/aromatic N) is 1. The zero-order valence-electron chi connectivity index (χ0n) is 10.7. The molecule has 5 nitrogen and oxygen atoms in total. The zero-order chi connectivity index (χ0) is 15.5. The molecule has 2 aromatic heterocycles. The number of furan rings is 1. The van der Waals surface area contributed by atoms with Gasteiger partial charge in [0.2, 0.25) is 0 Å². The van der Waals surface area contributed by atoms with Gasteiger partial charge in [-0.2, -0.15) is 13.2 Å². The first-order chi connectivity index (χ1) is 9.85. The van der Waals surface area contributed by atoms with Gasteiger partial charge in [0.05, 0.1) is 6.54 Å². The van der Waals surface area contributed by atoms with Crippen LogP contribution in [0.5, 0.6) is 0 Å². The SMILES string of the molecule is O=C(NCC(F)(F)F)c1ccc(Cn2ccccc2=O)o1. The standard InChI is InChI=1S/C13H11F3N2O3/c14-13(15,16)8-17-12(20)10-5-4-9(21-10)7-18-6-2-1-3-11(18)19/h1-6H,7-8H2,(H,17,20). The fraction of sp³-hybridized carbons (Fsp3) is 0.231. The van der Waals surface area contributed by atoms with Crippen molar-refractivity contribution in [1.82, 2.24) is 9.88 Å². The van der Waals surface area contributed by atoms with Gasteiger partial charge in [0, 0.05) is 12.3 Å². The quantitative estimate of drug-likeness (QED) is 0.936. The van der Waals surface area contributed by atoms with E-state index in [4.69, 9.17) is 4.42 Å². The van der Waals surface area contributed by atoms with Crippen LogP contribution in [-0.2, 0) is 6.54 Å². The molecule has 0 saturated carbocycles. The van der Waals surface area contributed by atoms with E-state index < -0.39 is 18.6 Å². The average molecular weight is 300 g/mol. The molecule has 2 heterocycles. The molecule has 1 amide bonds. The molecule has 2 rings (SSSR count). The summed E-state index contributed by atoms with van der Waals surface area (Å²) in [4.78, 5) is 22.9. The van der Waals surface area contributed by atoms with Crippen molar-refractivity contribution in [3.8, 4) is 0 Å². The van der Waals surface area contributed by atoms with E-state index in [-0.39, 0.29) is 17.9 Å². The monoisotopic (exact) mass is 300 g/mol. The number of pyridine rings is 1. The number of hydrogen-bond acceptors (Lipinski definition) is 3. The zero-order valence-corrected chi connectivity index (χ0v) is 10.7. The average Bonchev–Trinajstić information content (AvgIpc) is 2.86. The third kappa shape index (κ3) is 4.23. The number of carbonyl (C=O) groups excluding carboxylic acids is 1. The number of halogens is 3. The van der Waals surface area contributed by atoms with Crippen molar-refractivity contribution in [3.63, 3.8) is 0 Å². The predicted molar refractivity (Wildman–Crippen MR) is 66.9 cm³/mol. The molecular weight excluding hydrogens is 289 g/mol. The third-order valence-corrected chi connectivity index (χ3v) is 2.56. The fourth-order valence-corrected chi connectivity index (χ4v) is 1.61. The van der Waals surface area contributed by atoms with Crippen molar-refractivity contribution in [2.45, 2.75) is 12.7 Å². The van der Waals surface area contributed by atoms with Gasteiger partial charge in [-0.15, -0.1) is 0 Å². The summed E-state index contributed by atoms with van der Waals surface area (Å²) in [6.07, 6.45) is -2.95. The minimum absolute atomic E-state index is 0.0895. The van der Waals surface area contributed by atoms with Crippen molar-refractivity contribution >= 4 is 5.91 Å². The Morgan fingerprint density at radius 2 is 2.00 bits per heavy atom. The first-order valence-electron chi connectivity index (χ1n) is 5.94. The Morgan fingerprint density at radius 3 is 2.67 bits per heavy atom. The van der Waals surface area contributed by atoms with Gasteiger partial charge in [-0.3, -0.25) is 9.59 Å². The van der Waals surface area contributed by atoms with E-state index in [9.17, 15) is 22.8 Å². The lowest BCUT2D eigenvalue weighted by Crippen LogP contribution is -2.33. The summed E-state index contributed by atoms with van der Waals surface area (Å²) in [6, 6.07) is 7.29. The number of carbonyl (C=O) groups is 1. The second-order valence-corrected chi connectivity index (χ2v) is 4.23. The molecule has 0 atom stereocenters. The molecule has 0 radical (unpaired) electrons. The van der Waals surface area contributed by atoms with Gasteiger partial charge in [0.15, 0.2) is 5.76 Å². The van der Waals surface area contributed by atoms with E-state index in [0.717, 1.165) is 0 Å². The first-order valence-corrected chi connectivity index (χ1v) is 5.94. The Morgan fingerprint density at radius 1 is 1.24 bits per heavy atom. The minimum atomic E-state index is -4.48. The van der Waals surface area contributed by atoms with Crippen molar-refractivity contribution < 1.29 is 22.4 Å². The van der Waals surface area contributed by atoms with Gasteiger partial charge in [0.1, 0.15) is 12.3 Å². The Hall–Kier alpha value is -2.51. The van der Waals surface area contributed by atoms with Crippen molar-refractivity contribution in [1.29, 1.82) is 0 Å². The van der Waals surface area contributed by atoms with Crippen LogP contribution in [0.15, 0.2) is 45.7 Å². The van der Waals surface area contributed by atoms with Gasteiger partial charge in [-0.05, 0) is 18.2 Å². The number of aromatic nitrogens is 1. The van der Waals surface area contributed by atoms with E-state index in [1.54, 1.807) is 17.4 Å². The number of amides is 1. The molecule has 0 aromatic carbocycles. The number of hydrogen-bond donors (Lipinski definition) is 1. The topological polar surface area (TPSA) is 64.2 Å². The van der Waals surface area contributed by atoms with E-state index in [2.05, 4.69) is 0 Å². The maximum atomic E-state index is 12.0. The fourth-order valence-electron chi connectivity index (χ4n) is 1.61. The van der Waals surface area contributed by atoms with Crippen molar-refractivity contribution in [3.05, 3.63) is 58.4 Å². The Balaban J connectivity index is 2.03. The van der Waals surface area contributed by atoms with Crippen molar-refractivity contribution in [2.24, 2.45) is 0 Å². The van der Waals surface area contributed by atoms with E-state index in [1.807, 2.05) is 0 Å². The normalized spacial score (nSPS) is 11.4. The van der Waals surface area contributed by atoms with Crippen LogP contribution in [0.4, 0.5) is 13.2 Å². The number of rotatable bonds is 4. The third-order valence-electron chi connectivity index (χ3n) is 2.56. The molecule has 8 heteroatoms. The van der Waals surface area contributed by atoms with E-state index in [1.165, 1.54) is 29.0 Å². The van der Waals surface area contributed by atoms with Gasteiger partial charge in [0.25, 0.3) is 11.5 Å². The van der Waals surface area contributed by atoms with Crippen LogP contribution in [0.3, 0.4) is 0 Å². The lowest BCUT2D eigenvalue weighted by molar-refractivity contribution is -0.123. The maximum Gasteiger partial charge on any atom is 0.405 e.